The Hall–Kier alpha value is -0.830. The average Bonchev–Trinajstić information content (AvgIpc) is 2.65. The van der Waals surface area contributed by atoms with Gasteiger partial charge in [0.05, 0.1) is 5.54 Å². The number of imidazole rings is 1. The summed E-state index contributed by atoms with van der Waals surface area (Å²) in [5.41, 5.74) is 6.23. The Bertz CT molecular complexity index is 293. The third-order valence-electron chi connectivity index (χ3n) is 3.60. The zero-order valence-corrected chi connectivity index (χ0v) is 8.96. The number of H-pyrrole nitrogens is 1. The van der Waals surface area contributed by atoms with Gasteiger partial charge in [-0.25, -0.2) is 4.98 Å². The Morgan fingerprint density at radius 1 is 1.50 bits per heavy atom. The van der Waals surface area contributed by atoms with Crippen LogP contribution in [0.2, 0.25) is 0 Å². The summed E-state index contributed by atoms with van der Waals surface area (Å²) in [7, 11) is 0. The van der Waals surface area contributed by atoms with E-state index < -0.39 is 0 Å². The number of nitrogens with zero attached hydrogens (tertiary/aromatic N) is 1. The summed E-state index contributed by atoms with van der Waals surface area (Å²) < 4.78 is 0. The summed E-state index contributed by atoms with van der Waals surface area (Å²) in [5, 5.41) is 0. The molecule has 0 bridgehead atoms. The number of nitrogens with two attached hydrogens (primary N) is 1. The van der Waals surface area contributed by atoms with Crippen molar-refractivity contribution in [3.63, 3.8) is 0 Å². The van der Waals surface area contributed by atoms with Crippen molar-refractivity contribution >= 4 is 0 Å². The van der Waals surface area contributed by atoms with Crippen LogP contribution in [0, 0.1) is 11.8 Å². The van der Waals surface area contributed by atoms with Gasteiger partial charge < -0.3 is 10.7 Å². The summed E-state index contributed by atoms with van der Waals surface area (Å²) >= 11 is 0. The quantitative estimate of drug-likeness (QED) is 0.717. The van der Waals surface area contributed by atoms with Gasteiger partial charge >= 0.3 is 0 Å². The van der Waals surface area contributed by atoms with Gasteiger partial charge in [0.2, 0.25) is 0 Å². The second-order valence-corrected chi connectivity index (χ2v) is 4.77. The van der Waals surface area contributed by atoms with Gasteiger partial charge in [-0.3, -0.25) is 0 Å². The van der Waals surface area contributed by atoms with Crippen LogP contribution in [0.4, 0.5) is 0 Å². The number of aromatic amines is 1. The van der Waals surface area contributed by atoms with Gasteiger partial charge in [-0.1, -0.05) is 20.3 Å². The first kappa shape index (κ1) is 9.71. The van der Waals surface area contributed by atoms with Gasteiger partial charge in [-0.05, 0) is 24.7 Å². The predicted molar refractivity (Wildman–Crippen MR) is 56.6 cm³/mol. The number of aromatic nitrogens is 2. The molecular formula is C11H19N3. The van der Waals surface area contributed by atoms with Crippen molar-refractivity contribution in [1.29, 1.82) is 0 Å². The fourth-order valence-corrected chi connectivity index (χ4v) is 2.52. The molecule has 1 aliphatic rings. The molecule has 1 aromatic heterocycles. The lowest BCUT2D eigenvalue weighted by Crippen LogP contribution is -2.48. The first-order valence-corrected chi connectivity index (χ1v) is 5.41. The molecule has 3 atom stereocenters. The molecule has 0 saturated heterocycles. The van der Waals surface area contributed by atoms with Crippen LogP contribution in [0.5, 0.6) is 0 Å². The smallest absolute Gasteiger partial charge is 0.126 e. The Morgan fingerprint density at radius 2 is 2.29 bits per heavy atom. The predicted octanol–water partition coefficient (Wildman–Crippen LogP) is 2.02. The van der Waals surface area contributed by atoms with Crippen LogP contribution in [0.15, 0.2) is 12.4 Å². The highest BCUT2D eigenvalue weighted by molar-refractivity contribution is 5.09. The van der Waals surface area contributed by atoms with E-state index in [1.165, 1.54) is 12.8 Å². The molecule has 1 aliphatic carbocycles. The molecule has 78 valence electrons. The van der Waals surface area contributed by atoms with E-state index in [4.69, 9.17) is 5.73 Å². The summed E-state index contributed by atoms with van der Waals surface area (Å²) in [5.74, 6) is 2.18. The molecule has 3 nitrogen and oxygen atoms in total. The third-order valence-corrected chi connectivity index (χ3v) is 3.60. The van der Waals surface area contributed by atoms with E-state index >= 15 is 0 Å². The minimum atomic E-state index is -0.235. The fourth-order valence-electron chi connectivity index (χ4n) is 2.52. The molecule has 1 aromatic rings. The molecule has 0 radical (unpaired) electrons. The van der Waals surface area contributed by atoms with Crippen LogP contribution < -0.4 is 5.73 Å². The molecule has 0 aromatic carbocycles. The fraction of sp³-hybridized carbons (Fsp3) is 0.727. The summed E-state index contributed by atoms with van der Waals surface area (Å²) in [6, 6.07) is 0. The van der Waals surface area contributed by atoms with Crippen LogP contribution in [0.1, 0.15) is 38.9 Å². The van der Waals surface area contributed by atoms with E-state index in [1.54, 1.807) is 6.20 Å². The Balaban J connectivity index is 2.28. The largest absolute Gasteiger partial charge is 0.347 e. The molecule has 0 amide bonds. The highest BCUT2D eigenvalue weighted by Gasteiger charge is 2.40. The van der Waals surface area contributed by atoms with Crippen molar-refractivity contribution in [2.45, 2.75) is 38.6 Å². The van der Waals surface area contributed by atoms with Crippen molar-refractivity contribution in [3.8, 4) is 0 Å². The Morgan fingerprint density at radius 3 is 2.93 bits per heavy atom. The van der Waals surface area contributed by atoms with Crippen LogP contribution >= 0.6 is 0 Å². The maximum absolute atomic E-state index is 6.46. The second-order valence-electron chi connectivity index (χ2n) is 4.77. The number of hydrogen-bond acceptors (Lipinski definition) is 2. The second kappa shape index (κ2) is 3.39. The van der Waals surface area contributed by atoms with Crippen LogP contribution in [-0.2, 0) is 5.54 Å². The normalized spacial score (nSPS) is 38.5. The number of hydrogen-bond donors (Lipinski definition) is 2. The van der Waals surface area contributed by atoms with E-state index in [0.29, 0.717) is 11.8 Å². The van der Waals surface area contributed by atoms with Crippen LogP contribution in [-0.4, -0.2) is 9.97 Å². The monoisotopic (exact) mass is 193 g/mol. The Kier molecular flexibility index (Phi) is 2.35. The molecule has 2 rings (SSSR count). The maximum atomic E-state index is 6.46. The van der Waals surface area contributed by atoms with Crippen molar-refractivity contribution < 1.29 is 0 Å². The maximum Gasteiger partial charge on any atom is 0.126 e. The zero-order valence-electron chi connectivity index (χ0n) is 8.96. The van der Waals surface area contributed by atoms with E-state index in [2.05, 4.69) is 23.8 Å². The van der Waals surface area contributed by atoms with Crippen LogP contribution in [0.3, 0.4) is 0 Å². The van der Waals surface area contributed by atoms with E-state index in [9.17, 15) is 0 Å². The SMILES string of the molecule is C[C@@H]1CC[C@H](C)[C@](N)(c2ncc[nH]2)C1. The lowest BCUT2D eigenvalue weighted by atomic mass is 9.70. The standard InChI is InChI=1S/C11H19N3/c1-8-3-4-9(2)11(12,7-8)10-13-5-6-14-10/h5-6,8-9H,3-4,7,12H2,1-2H3,(H,13,14)/t8-,9+,11+/m1/s1. The van der Waals surface area contributed by atoms with Crippen molar-refractivity contribution in [2.75, 3.05) is 0 Å². The summed E-state index contributed by atoms with van der Waals surface area (Å²) in [6.07, 6.45) is 7.19. The van der Waals surface area contributed by atoms with E-state index in [1.807, 2.05) is 6.20 Å². The first-order chi connectivity index (χ1) is 6.63. The van der Waals surface area contributed by atoms with Gasteiger partial charge in [0.15, 0.2) is 0 Å². The van der Waals surface area contributed by atoms with Gasteiger partial charge in [-0.15, -0.1) is 0 Å². The van der Waals surface area contributed by atoms with Gasteiger partial charge in [0.25, 0.3) is 0 Å². The number of nitrogens with one attached hydrogen (secondary N) is 1. The molecular weight excluding hydrogens is 174 g/mol. The highest BCUT2D eigenvalue weighted by Crippen LogP contribution is 2.40. The van der Waals surface area contributed by atoms with Crippen LogP contribution in [0.25, 0.3) is 0 Å². The molecule has 0 spiro atoms. The zero-order chi connectivity index (χ0) is 10.2. The minimum absolute atomic E-state index is 0.235. The molecule has 3 N–H and O–H groups in total. The minimum Gasteiger partial charge on any atom is -0.347 e. The third kappa shape index (κ3) is 1.46. The van der Waals surface area contributed by atoms with E-state index in [0.717, 1.165) is 12.2 Å². The number of rotatable bonds is 1. The molecule has 0 unspecified atom stereocenters. The molecule has 1 saturated carbocycles. The molecule has 1 fully saturated rings. The van der Waals surface area contributed by atoms with E-state index in [-0.39, 0.29) is 5.54 Å². The average molecular weight is 193 g/mol. The lowest BCUT2D eigenvalue weighted by Gasteiger charge is -2.40. The van der Waals surface area contributed by atoms with Gasteiger partial charge in [0.1, 0.15) is 5.82 Å². The van der Waals surface area contributed by atoms with Crippen molar-refractivity contribution in [1.82, 2.24) is 9.97 Å². The Labute approximate surface area is 85.1 Å². The highest BCUT2D eigenvalue weighted by atomic mass is 15.0. The summed E-state index contributed by atoms with van der Waals surface area (Å²) in [4.78, 5) is 7.48. The summed E-state index contributed by atoms with van der Waals surface area (Å²) in [6.45, 7) is 4.50. The van der Waals surface area contributed by atoms with Crippen molar-refractivity contribution in [3.05, 3.63) is 18.2 Å². The molecule has 14 heavy (non-hydrogen) atoms. The first-order valence-electron chi connectivity index (χ1n) is 5.41. The molecule has 0 aliphatic heterocycles. The van der Waals surface area contributed by atoms with Gasteiger partial charge in [0, 0.05) is 12.4 Å². The molecule has 1 heterocycles. The molecule has 3 heteroatoms. The van der Waals surface area contributed by atoms with Gasteiger partial charge in [-0.2, -0.15) is 0 Å². The lowest BCUT2D eigenvalue weighted by molar-refractivity contribution is 0.153. The topological polar surface area (TPSA) is 54.7 Å². The van der Waals surface area contributed by atoms with Crippen molar-refractivity contribution in [2.24, 2.45) is 17.6 Å².